The van der Waals surface area contributed by atoms with Crippen molar-refractivity contribution in [1.82, 2.24) is 4.90 Å². The minimum Gasteiger partial charge on any atom is -0.444 e. The number of hydrogen-bond donors (Lipinski definition) is 0. The molecule has 142 valence electrons. The Morgan fingerprint density at radius 3 is 2.48 bits per heavy atom. The van der Waals surface area contributed by atoms with E-state index >= 15 is 0 Å². The molecular formula is C20H33NO4. The van der Waals surface area contributed by atoms with Gasteiger partial charge in [0.05, 0.1) is 18.8 Å². The van der Waals surface area contributed by atoms with Crippen LogP contribution in [-0.4, -0.2) is 47.7 Å². The Kier molecular flexibility index (Phi) is 6.72. The highest BCUT2D eigenvalue weighted by Crippen LogP contribution is 2.37. The minimum absolute atomic E-state index is 0.289. The smallest absolute Gasteiger partial charge is 0.412 e. The molecule has 1 aliphatic rings. The zero-order chi connectivity index (χ0) is 19.5. The van der Waals surface area contributed by atoms with E-state index in [0.717, 1.165) is 0 Å². The van der Waals surface area contributed by atoms with Crippen LogP contribution in [0, 0.1) is 17.3 Å². The SMILES string of the molecule is C=CC(C)(C)[C@@H](OCC#CC)[C@@H]1COC(C)(C)N1C(=O)OC(C)(C)C. The van der Waals surface area contributed by atoms with Gasteiger partial charge in [-0.1, -0.05) is 25.8 Å². The third kappa shape index (κ3) is 5.49. The first kappa shape index (κ1) is 21.5. The van der Waals surface area contributed by atoms with Gasteiger partial charge in [-0.25, -0.2) is 4.79 Å². The summed E-state index contributed by atoms with van der Waals surface area (Å²) in [6.45, 7) is 19.7. The average molecular weight is 351 g/mol. The molecule has 0 unspecified atom stereocenters. The molecule has 1 aliphatic heterocycles. The summed E-state index contributed by atoms with van der Waals surface area (Å²) < 4.78 is 17.6. The fourth-order valence-electron chi connectivity index (χ4n) is 2.86. The van der Waals surface area contributed by atoms with Crippen LogP contribution in [0.5, 0.6) is 0 Å². The van der Waals surface area contributed by atoms with Crippen LogP contribution in [0.15, 0.2) is 12.7 Å². The molecule has 5 heteroatoms. The number of carbonyl (C=O) groups is 1. The predicted molar refractivity (Wildman–Crippen MR) is 99.1 cm³/mol. The number of rotatable bonds is 5. The van der Waals surface area contributed by atoms with E-state index in [9.17, 15) is 4.79 Å². The molecule has 0 aliphatic carbocycles. The monoisotopic (exact) mass is 351 g/mol. The molecule has 0 N–H and O–H groups in total. The van der Waals surface area contributed by atoms with Gasteiger partial charge in [0.2, 0.25) is 0 Å². The second-order valence-corrected chi connectivity index (χ2v) is 8.36. The zero-order valence-electron chi connectivity index (χ0n) is 16.9. The summed E-state index contributed by atoms with van der Waals surface area (Å²) in [5.41, 5.74) is -1.73. The third-order valence-electron chi connectivity index (χ3n) is 4.23. The predicted octanol–water partition coefficient (Wildman–Crippen LogP) is 3.98. The maximum atomic E-state index is 12.9. The van der Waals surface area contributed by atoms with Crippen molar-refractivity contribution < 1.29 is 19.0 Å². The Balaban J connectivity index is 3.18. The van der Waals surface area contributed by atoms with E-state index in [1.54, 1.807) is 11.8 Å². The van der Waals surface area contributed by atoms with Gasteiger partial charge in [-0.05, 0) is 41.5 Å². The molecule has 0 bridgehead atoms. The number of ether oxygens (including phenoxy) is 3. The first-order valence-electron chi connectivity index (χ1n) is 8.67. The van der Waals surface area contributed by atoms with Crippen molar-refractivity contribution in [2.75, 3.05) is 13.2 Å². The topological polar surface area (TPSA) is 48.0 Å². The Morgan fingerprint density at radius 1 is 1.40 bits per heavy atom. The van der Waals surface area contributed by atoms with Crippen LogP contribution in [-0.2, 0) is 14.2 Å². The van der Waals surface area contributed by atoms with Crippen molar-refractivity contribution in [2.24, 2.45) is 5.41 Å². The minimum atomic E-state index is -0.776. The van der Waals surface area contributed by atoms with Crippen molar-refractivity contribution in [3.63, 3.8) is 0 Å². The standard InChI is InChI=1S/C20H33NO4/c1-10-12-13-23-16(19(6,7)11-2)15-14-24-20(8,9)21(15)17(22)25-18(3,4)5/h11,15-16H,2,13-14H2,1,3-9H3/t15-,16-/m0/s1. The van der Waals surface area contributed by atoms with Gasteiger partial charge in [-0.3, -0.25) is 4.90 Å². The highest BCUT2D eigenvalue weighted by Gasteiger charge is 2.51. The Labute approximate surface area is 152 Å². The second-order valence-electron chi connectivity index (χ2n) is 8.36. The highest BCUT2D eigenvalue weighted by atomic mass is 16.6. The summed E-state index contributed by atoms with van der Waals surface area (Å²) in [7, 11) is 0. The first-order valence-corrected chi connectivity index (χ1v) is 8.67. The summed E-state index contributed by atoms with van der Waals surface area (Å²) in [6.07, 6.45) is 1.12. The van der Waals surface area contributed by atoms with Crippen LogP contribution in [0.2, 0.25) is 0 Å². The molecule has 1 fully saturated rings. The van der Waals surface area contributed by atoms with Crippen molar-refractivity contribution in [3.05, 3.63) is 12.7 Å². The molecule has 2 atom stereocenters. The van der Waals surface area contributed by atoms with E-state index in [2.05, 4.69) is 18.4 Å². The average Bonchev–Trinajstić information content (AvgIpc) is 2.76. The molecule has 0 aromatic rings. The van der Waals surface area contributed by atoms with Crippen LogP contribution in [0.1, 0.15) is 55.4 Å². The molecule has 1 amide bonds. The summed E-state index contributed by atoms with van der Waals surface area (Å²) in [5, 5.41) is 0. The van der Waals surface area contributed by atoms with Gasteiger partial charge in [0.1, 0.15) is 17.9 Å². The maximum absolute atomic E-state index is 12.9. The Bertz CT molecular complexity index is 548. The largest absolute Gasteiger partial charge is 0.444 e. The van der Waals surface area contributed by atoms with E-state index in [1.807, 2.05) is 54.5 Å². The van der Waals surface area contributed by atoms with E-state index in [4.69, 9.17) is 14.2 Å². The summed E-state index contributed by atoms with van der Waals surface area (Å²) >= 11 is 0. The van der Waals surface area contributed by atoms with Gasteiger partial charge in [0.15, 0.2) is 0 Å². The van der Waals surface area contributed by atoms with Crippen LogP contribution in [0.4, 0.5) is 4.79 Å². The van der Waals surface area contributed by atoms with Crippen molar-refractivity contribution in [3.8, 4) is 11.8 Å². The molecular weight excluding hydrogens is 318 g/mol. The summed E-state index contributed by atoms with van der Waals surface area (Å²) in [4.78, 5) is 14.5. The molecule has 0 radical (unpaired) electrons. The maximum Gasteiger partial charge on any atom is 0.412 e. The van der Waals surface area contributed by atoms with Gasteiger partial charge in [-0.15, -0.1) is 12.5 Å². The zero-order valence-corrected chi connectivity index (χ0v) is 16.9. The molecule has 1 rings (SSSR count). The van der Waals surface area contributed by atoms with Crippen molar-refractivity contribution in [2.45, 2.75) is 78.9 Å². The molecule has 0 saturated carbocycles. The van der Waals surface area contributed by atoms with Crippen LogP contribution in [0.25, 0.3) is 0 Å². The normalized spacial score (nSPS) is 21.3. The highest BCUT2D eigenvalue weighted by molar-refractivity contribution is 5.70. The fourth-order valence-corrected chi connectivity index (χ4v) is 2.86. The first-order chi connectivity index (χ1) is 11.4. The van der Waals surface area contributed by atoms with Gasteiger partial charge in [0, 0.05) is 5.41 Å². The molecule has 5 nitrogen and oxygen atoms in total. The van der Waals surface area contributed by atoms with E-state index < -0.39 is 17.4 Å². The lowest BCUT2D eigenvalue weighted by atomic mass is 9.82. The van der Waals surface area contributed by atoms with E-state index in [0.29, 0.717) is 6.61 Å². The van der Waals surface area contributed by atoms with Crippen LogP contribution >= 0.6 is 0 Å². The van der Waals surface area contributed by atoms with Gasteiger partial charge >= 0.3 is 6.09 Å². The number of nitrogens with zero attached hydrogens (tertiary/aromatic N) is 1. The van der Waals surface area contributed by atoms with Crippen molar-refractivity contribution in [1.29, 1.82) is 0 Å². The van der Waals surface area contributed by atoms with Crippen LogP contribution in [0.3, 0.4) is 0 Å². The molecule has 0 aromatic carbocycles. The Hall–Kier alpha value is -1.51. The fraction of sp³-hybridized carbons (Fsp3) is 0.750. The number of amides is 1. The molecule has 0 aromatic heterocycles. The van der Waals surface area contributed by atoms with E-state index in [1.165, 1.54) is 0 Å². The van der Waals surface area contributed by atoms with Gasteiger partial charge in [-0.2, -0.15) is 0 Å². The molecule has 1 saturated heterocycles. The van der Waals surface area contributed by atoms with Crippen molar-refractivity contribution >= 4 is 6.09 Å². The molecule has 1 heterocycles. The quantitative estimate of drug-likeness (QED) is 0.555. The lowest BCUT2D eigenvalue weighted by molar-refractivity contribution is -0.0805. The Morgan fingerprint density at radius 2 is 2.00 bits per heavy atom. The lowest BCUT2D eigenvalue weighted by Gasteiger charge is -2.41. The molecule has 0 spiro atoms. The lowest BCUT2D eigenvalue weighted by Crippen LogP contribution is -2.56. The summed E-state index contributed by atoms with van der Waals surface area (Å²) in [5.74, 6) is 5.75. The number of carbonyl (C=O) groups excluding carboxylic acids is 1. The third-order valence-corrected chi connectivity index (χ3v) is 4.23. The summed E-state index contributed by atoms with van der Waals surface area (Å²) in [6, 6.07) is -0.295. The van der Waals surface area contributed by atoms with E-state index in [-0.39, 0.29) is 24.2 Å². The molecule has 25 heavy (non-hydrogen) atoms. The second kappa shape index (κ2) is 7.80. The van der Waals surface area contributed by atoms with Gasteiger partial charge in [0.25, 0.3) is 0 Å². The van der Waals surface area contributed by atoms with Crippen LogP contribution < -0.4 is 0 Å². The number of hydrogen-bond acceptors (Lipinski definition) is 4. The van der Waals surface area contributed by atoms with Gasteiger partial charge < -0.3 is 14.2 Å².